The fourth-order valence-corrected chi connectivity index (χ4v) is 2.61. The van der Waals surface area contributed by atoms with E-state index in [-0.39, 0.29) is 17.5 Å². The third-order valence-corrected chi connectivity index (χ3v) is 3.99. The molecule has 1 aromatic rings. The third-order valence-electron chi connectivity index (χ3n) is 3.99. The first-order valence-corrected chi connectivity index (χ1v) is 8.21. The minimum Gasteiger partial charge on any atom is -0.452 e. The molecule has 0 spiro atoms. The number of nitrogens with one attached hydrogen (secondary N) is 2. The smallest absolute Gasteiger partial charge is 0.340 e. The first-order chi connectivity index (χ1) is 12.0. The molecule has 0 bridgehead atoms. The maximum Gasteiger partial charge on any atom is 0.340 e. The van der Waals surface area contributed by atoms with Crippen molar-refractivity contribution in [1.29, 1.82) is 0 Å². The molecule has 132 valence electrons. The highest BCUT2D eigenvalue weighted by molar-refractivity contribution is 6.04. The lowest BCUT2D eigenvalue weighted by Gasteiger charge is -2.18. The van der Waals surface area contributed by atoms with Crippen molar-refractivity contribution in [2.24, 2.45) is 0 Å². The van der Waals surface area contributed by atoms with Crippen LogP contribution in [0.25, 0.3) is 0 Å². The Kier molecular flexibility index (Phi) is 4.97. The highest BCUT2D eigenvalue weighted by Crippen LogP contribution is 2.25. The summed E-state index contributed by atoms with van der Waals surface area (Å²) in [5.74, 6) is -1.47. The lowest BCUT2D eigenvalue weighted by atomic mass is 10.1. The minimum absolute atomic E-state index is 0.0465. The highest BCUT2D eigenvalue weighted by atomic mass is 16.5. The zero-order valence-electron chi connectivity index (χ0n) is 13.6. The van der Waals surface area contributed by atoms with Gasteiger partial charge in [0.15, 0.2) is 6.61 Å². The van der Waals surface area contributed by atoms with E-state index in [1.807, 2.05) is 0 Å². The molecule has 0 atom stereocenters. The monoisotopic (exact) mass is 345 g/mol. The van der Waals surface area contributed by atoms with Gasteiger partial charge in [-0.3, -0.25) is 14.9 Å². The van der Waals surface area contributed by atoms with E-state index < -0.39 is 24.5 Å². The fraction of sp³-hybridized carbons (Fsp3) is 0.412. The summed E-state index contributed by atoms with van der Waals surface area (Å²) >= 11 is 0. The van der Waals surface area contributed by atoms with Gasteiger partial charge in [-0.2, -0.15) is 0 Å². The summed E-state index contributed by atoms with van der Waals surface area (Å²) in [6, 6.07) is 6.13. The standard InChI is InChI=1S/C17H19N3O5/c21-14(19-17(24)18-11-7-8-11)10-25-16(23)12-4-1-2-5-13(12)20-9-3-6-15(20)22/h1-2,4-5,11H,3,6-10H2,(H2,18,19,21,24). The summed E-state index contributed by atoms with van der Waals surface area (Å²) in [4.78, 5) is 48.8. The molecule has 0 radical (unpaired) electrons. The molecule has 1 aliphatic carbocycles. The zero-order valence-corrected chi connectivity index (χ0v) is 13.6. The Hall–Kier alpha value is -2.90. The Morgan fingerprint density at radius 3 is 2.64 bits per heavy atom. The molecule has 2 aliphatic rings. The van der Waals surface area contributed by atoms with Crippen molar-refractivity contribution < 1.29 is 23.9 Å². The van der Waals surface area contributed by atoms with Gasteiger partial charge >= 0.3 is 12.0 Å². The number of imide groups is 1. The van der Waals surface area contributed by atoms with Crippen LogP contribution in [0.1, 0.15) is 36.0 Å². The lowest BCUT2D eigenvalue weighted by molar-refractivity contribution is -0.123. The lowest BCUT2D eigenvalue weighted by Crippen LogP contribution is -2.42. The van der Waals surface area contributed by atoms with Crippen LogP contribution in [0.3, 0.4) is 0 Å². The van der Waals surface area contributed by atoms with Gasteiger partial charge in [-0.25, -0.2) is 9.59 Å². The van der Waals surface area contributed by atoms with E-state index in [4.69, 9.17) is 4.74 Å². The molecule has 3 rings (SSSR count). The molecule has 1 heterocycles. The summed E-state index contributed by atoms with van der Waals surface area (Å²) in [6.07, 6.45) is 2.99. The van der Waals surface area contributed by atoms with Crippen molar-refractivity contribution in [3.8, 4) is 0 Å². The van der Waals surface area contributed by atoms with Crippen LogP contribution < -0.4 is 15.5 Å². The number of urea groups is 1. The molecule has 0 aromatic heterocycles. The molecule has 8 heteroatoms. The normalized spacial score (nSPS) is 16.5. The second-order valence-electron chi connectivity index (χ2n) is 6.04. The molecule has 1 aliphatic heterocycles. The summed E-state index contributed by atoms with van der Waals surface area (Å²) in [6.45, 7) is -0.0237. The number of para-hydroxylation sites is 1. The minimum atomic E-state index is -0.715. The van der Waals surface area contributed by atoms with Gasteiger partial charge in [0.05, 0.1) is 11.3 Å². The van der Waals surface area contributed by atoms with E-state index in [1.165, 1.54) is 0 Å². The number of esters is 1. The number of amides is 4. The molecular weight excluding hydrogens is 326 g/mol. The molecular formula is C17H19N3O5. The summed E-state index contributed by atoms with van der Waals surface area (Å²) in [5, 5.41) is 4.70. The number of benzene rings is 1. The van der Waals surface area contributed by atoms with E-state index in [9.17, 15) is 19.2 Å². The van der Waals surface area contributed by atoms with Crippen LogP contribution in [0.2, 0.25) is 0 Å². The van der Waals surface area contributed by atoms with E-state index in [2.05, 4.69) is 10.6 Å². The van der Waals surface area contributed by atoms with Crippen molar-refractivity contribution >= 4 is 29.5 Å². The van der Waals surface area contributed by atoms with Gasteiger partial charge in [0, 0.05) is 19.0 Å². The Bertz CT molecular complexity index is 714. The SMILES string of the molecule is O=C(COC(=O)c1ccccc1N1CCCC1=O)NC(=O)NC1CC1. The van der Waals surface area contributed by atoms with Gasteiger partial charge in [0.2, 0.25) is 5.91 Å². The Morgan fingerprint density at radius 1 is 1.20 bits per heavy atom. The van der Waals surface area contributed by atoms with Crippen LogP contribution in [-0.4, -0.2) is 43.0 Å². The first-order valence-electron chi connectivity index (χ1n) is 8.21. The predicted molar refractivity (Wildman–Crippen MR) is 88.0 cm³/mol. The maximum atomic E-state index is 12.3. The Labute approximate surface area is 144 Å². The van der Waals surface area contributed by atoms with E-state index in [1.54, 1.807) is 29.2 Å². The topological polar surface area (TPSA) is 105 Å². The van der Waals surface area contributed by atoms with Gasteiger partial charge in [-0.1, -0.05) is 12.1 Å². The van der Waals surface area contributed by atoms with Crippen molar-refractivity contribution in [3.05, 3.63) is 29.8 Å². The fourth-order valence-electron chi connectivity index (χ4n) is 2.61. The molecule has 0 unspecified atom stereocenters. The van der Waals surface area contributed by atoms with Gasteiger partial charge in [-0.15, -0.1) is 0 Å². The number of rotatable bonds is 5. The number of carbonyl (C=O) groups is 4. The van der Waals surface area contributed by atoms with Crippen LogP contribution in [0.4, 0.5) is 10.5 Å². The molecule has 2 fully saturated rings. The molecule has 8 nitrogen and oxygen atoms in total. The van der Waals surface area contributed by atoms with Gasteiger partial charge in [0.1, 0.15) is 0 Å². The summed E-state index contributed by atoms with van der Waals surface area (Å²) < 4.78 is 4.98. The summed E-state index contributed by atoms with van der Waals surface area (Å²) in [7, 11) is 0. The van der Waals surface area contributed by atoms with Crippen molar-refractivity contribution in [3.63, 3.8) is 0 Å². The number of nitrogens with zero attached hydrogens (tertiary/aromatic N) is 1. The second-order valence-corrected chi connectivity index (χ2v) is 6.04. The van der Waals surface area contributed by atoms with E-state index in [0.717, 1.165) is 19.3 Å². The van der Waals surface area contributed by atoms with Crippen LogP contribution in [0.5, 0.6) is 0 Å². The number of hydrogen-bond acceptors (Lipinski definition) is 5. The summed E-state index contributed by atoms with van der Waals surface area (Å²) in [5.41, 5.74) is 0.690. The molecule has 4 amide bonds. The molecule has 1 aromatic carbocycles. The number of hydrogen-bond donors (Lipinski definition) is 2. The van der Waals surface area contributed by atoms with Gasteiger partial charge < -0.3 is 15.0 Å². The van der Waals surface area contributed by atoms with Gasteiger partial charge in [0.25, 0.3) is 5.91 Å². The van der Waals surface area contributed by atoms with E-state index >= 15 is 0 Å². The van der Waals surface area contributed by atoms with Crippen molar-refractivity contribution in [2.45, 2.75) is 31.7 Å². The van der Waals surface area contributed by atoms with Crippen LogP contribution in [0.15, 0.2) is 24.3 Å². The molecule has 1 saturated heterocycles. The van der Waals surface area contributed by atoms with Crippen LogP contribution >= 0.6 is 0 Å². The van der Waals surface area contributed by atoms with E-state index in [0.29, 0.717) is 18.7 Å². The zero-order chi connectivity index (χ0) is 17.8. The predicted octanol–water partition coefficient (Wildman–Crippen LogP) is 0.958. The second kappa shape index (κ2) is 7.33. The molecule has 1 saturated carbocycles. The van der Waals surface area contributed by atoms with Crippen molar-refractivity contribution in [2.75, 3.05) is 18.1 Å². The number of anilines is 1. The maximum absolute atomic E-state index is 12.3. The Balaban J connectivity index is 1.56. The average molecular weight is 345 g/mol. The first kappa shape index (κ1) is 16.9. The Morgan fingerprint density at radius 2 is 1.96 bits per heavy atom. The highest BCUT2D eigenvalue weighted by Gasteiger charge is 2.27. The largest absolute Gasteiger partial charge is 0.452 e. The molecule has 2 N–H and O–H groups in total. The number of carbonyl (C=O) groups excluding carboxylic acids is 4. The number of ether oxygens (including phenoxy) is 1. The van der Waals surface area contributed by atoms with Crippen molar-refractivity contribution in [1.82, 2.24) is 10.6 Å². The third kappa shape index (κ3) is 4.34. The van der Waals surface area contributed by atoms with Gasteiger partial charge in [-0.05, 0) is 31.4 Å². The van der Waals surface area contributed by atoms with Crippen LogP contribution in [-0.2, 0) is 14.3 Å². The molecule has 25 heavy (non-hydrogen) atoms. The quantitative estimate of drug-likeness (QED) is 0.774. The van der Waals surface area contributed by atoms with Crippen LogP contribution in [0, 0.1) is 0 Å². The average Bonchev–Trinajstić information content (AvgIpc) is 3.30.